The van der Waals surface area contributed by atoms with Gasteiger partial charge in [0.25, 0.3) is 0 Å². The van der Waals surface area contributed by atoms with Crippen LogP contribution in [0.4, 0.5) is 0 Å². The third-order valence-corrected chi connectivity index (χ3v) is 4.14. The zero-order chi connectivity index (χ0) is 15.8. The Morgan fingerprint density at radius 1 is 1.39 bits per heavy atom. The number of hydrogen-bond donors (Lipinski definition) is 2. The molecular formula is C18H29ClN2O2. The highest BCUT2D eigenvalue weighted by atomic mass is 35.5. The fourth-order valence-corrected chi connectivity index (χ4v) is 2.82. The smallest absolute Gasteiger partial charge is 0.220 e. The molecule has 1 aliphatic heterocycles. The first-order valence-electron chi connectivity index (χ1n) is 8.33. The van der Waals surface area contributed by atoms with Gasteiger partial charge in [0.2, 0.25) is 5.91 Å². The molecule has 1 amide bonds. The molecule has 0 radical (unpaired) electrons. The molecule has 0 aromatic heterocycles. The van der Waals surface area contributed by atoms with Gasteiger partial charge in [0.05, 0.1) is 6.04 Å². The quantitative estimate of drug-likeness (QED) is 0.802. The van der Waals surface area contributed by atoms with Gasteiger partial charge in [-0.15, -0.1) is 12.4 Å². The van der Waals surface area contributed by atoms with Gasteiger partial charge < -0.3 is 15.4 Å². The third kappa shape index (κ3) is 7.71. The second-order valence-electron chi connectivity index (χ2n) is 6.33. The Labute approximate surface area is 145 Å². The molecule has 0 saturated carbocycles. The van der Waals surface area contributed by atoms with Crippen LogP contribution in [-0.4, -0.2) is 31.6 Å². The van der Waals surface area contributed by atoms with E-state index in [0.717, 1.165) is 25.3 Å². The van der Waals surface area contributed by atoms with Crippen molar-refractivity contribution in [2.75, 3.05) is 19.7 Å². The van der Waals surface area contributed by atoms with E-state index in [-0.39, 0.29) is 24.4 Å². The lowest BCUT2D eigenvalue weighted by molar-refractivity contribution is -0.122. The maximum atomic E-state index is 12.0. The molecule has 23 heavy (non-hydrogen) atoms. The molecule has 0 aliphatic carbocycles. The predicted octanol–water partition coefficient (Wildman–Crippen LogP) is 3.08. The van der Waals surface area contributed by atoms with E-state index < -0.39 is 0 Å². The average molecular weight is 341 g/mol. The van der Waals surface area contributed by atoms with Crippen molar-refractivity contribution in [1.29, 1.82) is 0 Å². The monoisotopic (exact) mass is 340 g/mol. The Hall–Kier alpha value is -1.26. The normalized spacial score (nSPS) is 16.3. The number of halogens is 1. The van der Waals surface area contributed by atoms with Crippen LogP contribution in [0.3, 0.4) is 0 Å². The third-order valence-electron chi connectivity index (χ3n) is 4.14. The summed E-state index contributed by atoms with van der Waals surface area (Å²) < 4.78 is 5.72. The molecule has 0 bridgehead atoms. The minimum atomic E-state index is 0. The van der Waals surface area contributed by atoms with Crippen LogP contribution in [0.2, 0.25) is 0 Å². The maximum Gasteiger partial charge on any atom is 0.220 e. The summed E-state index contributed by atoms with van der Waals surface area (Å²) in [6, 6.07) is 8.00. The number of benzene rings is 1. The van der Waals surface area contributed by atoms with E-state index in [1.165, 1.54) is 18.4 Å². The number of aryl methyl sites for hydroxylation is 1. The predicted molar refractivity (Wildman–Crippen MR) is 96.4 cm³/mol. The summed E-state index contributed by atoms with van der Waals surface area (Å²) >= 11 is 0. The highest BCUT2D eigenvalue weighted by Crippen LogP contribution is 2.17. The highest BCUT2D eigenvalue weighted by Gasteiger charge is 2.15. The van der Waals surface area contributed by atoms with E-state index >= 15 is 0 Å². The SMILES string of the molecule is Cc1cccc(OCC(C)NC(=O)CCC2CCNCC2)c1.Cl. The molecule has 1 aromatic rings. The van der Waals surface area contributed by atoms with Crippen molar-refractivity contribution in [2.24, 2.45) is 5.92 Å². The van der Waals surface area contributed by atoms with Crippen LogP contribution in [0.5, 0.6) is 5.75 Å². The Bertz CT molecular complexity index is 476. The van der Waals surface area contributed by atoms with Gasteiger partial charge in [0.15, 0.2) is 0 Å². The zero-order valence-electron chi connectivity index (χ0n) is 14.1. The lowest BCUT2D eigenvalue weighted by Gasteiger charge is -2.22. The van der Waals surface area contributed by atoms with E-state index in [2.05, 4.69) is 10.6 Å². The lowest BCUT2D eigenvalue weighted by Crippen LogP contribution is -2.37. The van der Waals surface area contributed by atoms with Crippen LogP contribution >= 0.6 is 12.4 Å². The summed E-state index contributed by atoms with van der Waals surface area (Å²) in [5.41, 5.74) is 1.18. The van der Waals surface area contributed by atoms with E-state index in [0.29, 0.717) is 18.9 Å². The minimum Gasteiger partial charge on any atom is -0.491 e. The molecule has 1 heterocycles. The Morgan fingerprint density at radius 3 is 2.83 bits per heavy atom. The molecule has 0 spiro atoms. The first kappa shape index (κ1) is 19.8. The number of rotatable bonds is 7. The number of hydrogen-bond acceptors (Lipinski definition) is 3. The zero-order valence-corrected chi connectivity index (χ0v) is 15.0. The van der Waals surface area contributed by atoms with Crippen molar-refractivity contribution < 1.29 is 9.53 Å². The van der Waals surface area contributed by atoms with Crippen molar-refractivity contribution in [3.63, 3.8) is 0 Å². The number of amides is 1. The molecule has 130 valence electrons. The number of carbonyl (C=O) groups excluding carboxylic acids is 1. The summed E-state index contributed by atoms with van der Waals surface area (Å²) in [4.78, 5) is 12.0. The molecule has 1 aromatic carbocycles. The maximum absolute atomic E-state index is 12.0. The van der Waals surface area contributed by atoms with E-state index in [1.54, 1.807) is 0 Å². The second kappa shape index (κ2) is 10.5. The van der Waals surface area contributed by atoms with Crippen molar-refractivity contribution in [3.8, 4) is 5.75 Å². The Balaban J connectivity index is 0.00000264. The number of carbonyl (C=O) groups is 1. The Morgan fingerprint density at radius 2 is 2.13 bits per heavy atom. The lowest BCUT2D eigenvalue weighted by atomic mass is 9.93. The van der Waals surface area contributed by atoms with Gasteiger partial charge in [-0.1, -0.05) is 12.1 Å². The fraction of sp³-hybridized carbons (Fsp3) is 0.611. The molecule has 1 aliphatic rings. The van der Waals surface area contributed by atoms with Gasteiger partial charge in [0.1, 0.15) is 12.4 Å². The van der Waals surface area contributed by atoms with Crippen molar-refractivity contribution in [3.05, 3.63) is 29.8 Å². The molecule has 1 saturated heterocycles. The van der Waals surface area contributed by atoms with Crippen LogP contribution in [0.15, 0.2) is 24.3 Å². The van der Waals surface area contributed by atoms with Crippen LogP contribution < -0.4 is 15.4 Å². The number of piperidine rings is 1. The molecule has 1 fully saturated rings. The molecule has 5 heteroatoms. The molecule has 1 unspecified atom stereocenters. The first-order valence-corrected chi connectivity index (χ1v) is 8.33. The van der Waals surface area contributed by atoms with Crippen LogP contribution in [0.25, 0.3) is 0 Å². The highest BCUT2D eigenvalue weighted by molar-refractivity contribution is 5.85. The van der Waals surface area contributed by atoms with Crippen LogP contribution in [0.1, 0.15) is 38.2 Å². The van der Waals surface area contributed by atoms with Crippen LogP contribution in [0, 0.1) is 12.8 Å². The molecule has 4 nitrogen and oxygen atoms in total. The van der Waals surface area contributed by atoms with Gasteiger partial charge >= 0.3 is 0 Å². The van der Waals surface area contributed by atoms with Crippen molar-refractivity contribution in [1.82, 2.24) is 10.6 Å². The molecule has 2 rings (SSSR count). The van der Waals surface area contributed by atoms with Crippen molar-refractivity contribution in [2.45, 2.75) is 45.6 Å². The summed E-state index contributed by atoms with van der Waals surface area (Å²) in [6.07, 6.45) is 4.01. The minimum absolute atomic E-state index is 0. The van der Waals surface area contributed by atoms with Gasteiger partial charge in [0, 0.05) is 6.42 Å². The summed E-state index contributed by atoms with van der Waals surface area (Å²) in [7, 11) is 0. The topological polar surface area (TPSA) is 50.4 Å². The van der Waals surface area contributed by atoms with E-state index in [1.807, 2.05) is 38.1 Å². The second-order valence-corrected chi connectivity index (χ2v) is 6.33. The van der Waals surface area contributed by atoms with Gasteiger partial charge in [-0.3, -0.25) is 4.79 Å². The van der Waals surface area contributed by atoms with Crippen molar-refractivity contribution >= 4 is 18.3 Å². The van der Waals surface area contributed by atoms with Crippen LogP contribution in [-0.2, 0) is 4.79 Å². The number of nitrogens with one attached hydrogen (secondary N) is 2. The van der Waals surface area contributed by atoms with E-state index in [4.69, 9.17) is 4.74 Å². The first-order chi connectivity index (χ1) is 10.6. The summed E-state index contributed by atoms with van der Waals surface area (Å²) in [5.74, 6) is 1.69. The number of ether oxygens (including phenoxy) is 1. The van der Waals surface area contributed by atoms with Gasteiger partial charge in [-0.05, 0) is 69.8 Å². The fourth-order valence-electron chi connectivity index (χ4n) is 2.82. The summed E-state index contributed by atoms with van der Waals surface area (Å²) in [5, 5.41) is 6.38. The van der Waals surface area contributed by atoms with E-state index in [9.17, 15) is 4.79 Å². The standard InChI is InChI=1S/C18H28N2O2.ClH/c1-14-4-3-5-17(12-14)22-13-15(2)20-18(21)7-6-16-8-10-19-11-9-16;/h3-5,12,15-16,19H,6-11,13H2,1-2H3,(H,20,21);1H. The van der Waals surface area contributed by atoms with Gasteiger partial charge in [-0.2, -0.15) is 0 Å². The summed E-state index contributed by atoms with van der Waals surface area (Å²) in [6.45, 7) is 6.71. The molecule has 2 N–H and O–H groups in total. The largest absolute Gasteiger partial charge is 0.491 e. The van der Waals surface area contributed by atoms with Gasteiger partial charge in [-0.25, -0.2) is 0 Å². The molecule has 1 atom stereocenters. The average Bonchev–Trinajstić information content (AvgIpc) is 2.52. The Kier molecular flexibility index (Phi) is 9.03. The molecular weight excluding hydrogens is 312 g/mol.